The molecule has 0 aliphatic carbocycles. The minimum absolute atomic E-state index is 0.228. The molecule has 1 aromatic carbocycles. The lowest BCUT2D eigenvalue weighted by Crippen LogP contribution is -2.29. The molecule has 0 saturated carbocycles. The topological polar surface area (TPSA) is 21.3 Å². The monoisotopic (exact) mass is 275 g/mol. The van der Waals surface area contributed by atoms with Crippen LogP contribution in [0.3, 0.4) is 0 Å². The molecule has 1 aliphatic rings. The zero-order valence-corrected chi connectivity index (χ0v) is 13.6. The van der Waals surface area contributed by atoms with E-state index in [4.69, 9.17) is 4.74 Å². The third-order valence-electron chi connectivity index (χ3n) is 4.50. The zero-order chi connectivity index (χ0) is 14.8. The van der Waals surface area contributed by atoms with Crippen molar-refractivity contribution in [2.45, 2.75) is 58.6 Å². The van der Waals surface area contributed by atoms with Gasteiger partial charge in [-0.05, 0) is 42.7 Å². The number of ether oxygens (including phenoxy) is 1. The molecule has 0 bridgehead atoms. The van der Waals surface area contributed by atoms with E-state index in [9.17, 15) is 0 Å². The summed E-state index contributed by atoms with van der Waals surface area (Å²) in [5.41, 5.74) is 2.99. The molecule has 2 nitrogen and oxygen atoms in total. The van der Waals surface area contributed by atoms with Crippen molar-refractivity contribution in [2.75, 3.05) is 13.2 Å². The van der Waals surface area contributed by atoms with Gasteiger partial charge in [0.15, 0.2) is 0 Å². The highest BCUT2D eigenvalue weighted by Crippen LogP contribution is 2.24. The molecular formula is C18H29NO. The minimum atomic E-state index is 0.228. The predicted molar refractivity (Wildman–Crippen MR) is 85.1 cm³/mol. The van der Waals surface area contributed by atoms with Gasteiger partial charge >= 0.3 is 0 Å². The first-order valence-electron chi connectivity index (χ1n) is 7.83. The fourth-order valence-corrected chi connectivity index (χ4v) is 2.76. The first-order chi connectivity index (χ1) is 9.38. The Morgan fingerprint density at radius 3 is 2.40 bits per heavy atom. The van der Waals surface area contributed by atoms with Crippen LogP contribution in [-0.2, 0) is 10.2 Å². The summed E-state index contributed by atoms with van der Waals surface area (Å²) in [6, 6.07) is 9.43. The maximum absolute atomic E-state index is 5.62. The van der Waals surface area contributed by atoms with Crippen LogP contribution in [0.15, 0.2) is 24.3 Å². The highest BCUT2D eigenvalue weighted by atomic mass is 16.5. The molecule has 1 aromatic rings. The van der Waals surface area contributed by atoms with Crippen LogP contribution < -0.4 is 5.32 Å². The van der Waals surface area contributed by atoms with E-state index in [2.05, 4.69) is 64.2 Å². The first-order valence-corrected chi connectivity index (χ1v) is 7.83. The fraction of sp³-hybridized carbons (Fsp3) is 0.667. The molecule has 1 fully saturated rings. The summed E-state index contributed by atoms with van der Waals surface area (Å²) in [4.78, 5) is 0. The van der Waals surface area contributed by atoms with Gasteiger partial charge in [-0.3, -0.25) is 0 Å². The van der Waals surface area contributed by atoms with Crippen molar-refractivity contribution in [2.24, 2.45) is 5.92 Å². The van der Waals surface area contributed by atoms with Crippen molar-refractivity contribution in [3.05, 3.63) is 35.4 Å². The van der Waals surface area contributed by atoms with Gasteiger partial charge in [-0.25, -0.2) is 0 Å². The average Bonchev–Trinajstić information content (AvgIpc) is 2.81. The molecule has 112 valence electrons. The number of rotatable bonds is 4. The second kappa shape index (κ2) is 6.28. The third kappa shape index (κ3) is 3.83. The molecule has 0 amide bonds. The second-order valence-electron chi connectivity index (χ2n) is 7.13. The van der Waals surface area contributed by atoms with E-state index in [-0.39, 0.29) is 5.41 Å². The summed E-state index contributed by atoms with van der Waals surface area (Å²) in [6.45, 7) is 13.2. The highest BCUT2D eigenvalue weighted by Gasteiger charge is 2.24. The van der Waals surface area contributed by atoms with Crippen molar-refractivity contribution in [1.29, 1.82) is 0 Å². The highest BCUT2D eigenvalue weighted by molar-refractivity contribution is 5.29. The van der Waals surface area contributed by atoms with Gasteiger partial charge in [0, 0.05) is 19.2 Å². The summed E-state index contributed by atoms with van der Waals surface area (Å²) in [5, 5.41) is 3.65. The van der Waals surface area contributed by atoms with Crippen molar-refractivity contribution in [3.63, 3.8) is 0 Å². The van der Waals surface area contributed by atoms with E-state index in [0.29, 0.717) is 18.1 Å². The summed E-state index contributed by atoms with van der Waals surface area (Å²) >= 11 is 0. The SMILES string of the molecule is CC(NCC1CCOC1C)c1ccc(C(C)(C)C)cc1. The van der Waals surface area contributed by atoms with Crippen molar-refractivity contribution >= 4 is 0 Å². The Bertz CT molecular complexity index is 418. The lowest BCUT2D eigenvalue weighted by atomic mass is 9.86. The molecule has 1 heterocycles. The number of hydrogen-bond donors (Lipinski definition) is 1. The molecule has 3 unspecified atom stereocenters. The van der Waals surface area contributed by atoms with Gasteiger partial charge in [0.2, 0.25) is 0 Å². The quantitative estimate of drug-likeness (QED) is 0.894. The normalized spacial score (nSPS) is 24.9. The van der Waals surface area contributed by atoms with Crippen LogP contribution in [0.4, 0.5) is 0 Å². The van der Waals surface area contributed by atoms with E-state index >= 15 is 0 Å². The van der Waals surface area contributed by atoms with E-state index in [0.717, 1.165) is 13.2 Å². The molecule has 0 spiro atoms. The molecule has 0 radical (unpaired) electrons. The zero-order valence-electron chi connectivity index (χ0n) is 13.6. The molecule has 20 heavy (non-hydrogen) atoms. The molecule has 1 N–H and O–H groups in total. The van der Waals surface area contributed by atoms with Crippen molar-refractivity contribution < 1.29 is 4.74 Å². The van der Waals surface area contributed by atoms with Crippen LogP contribution in [0.5, 0.6) is 0 Å². The van der Waals surface area contributed by atoms with Crippen molar-refractivity contribution in [3.8, 4) is 0 Å². The third-order valence-corrected chi connectivity index (χ3v) is 4.50. The summed E-state index contributed by atoms with van der Waals surface area (Å²) in [7, 11) is 0. The van der Waals surface area contributed by atoms with Crippen LogP contribution in [0, 0.1) is 5.92 Å². The summed E-state index contributed by atoms with van der Waals surface area (Å²) in [5.74, 6) is 0.659. The van der Waals surface area contributed by atoms with E-state index in [1.165, 1.54) is 17.5 Å². The van der Waals surface area contributed by atoms with Gasteiger partial charge in [0.1, 0.15) is 0 Å². The number of hydrogen-bond acceptors (Lipinski definition) is 2. The largest absolute Gasteiger partial charge is 0.378 e. The summed E-state index contributed by atoms with van der Waals surface area (Å²) < 4.78 is 5.62. The number of benzene rings is 1. The summed E-state index contributed by atoms with van der Waals surface area (Å²) in [6.07, 6.45) is 1.59. The molecule has 2 heteroatoms. The molecular weight excluding hydrogens is 246 g/mol. The smallest absolute Gasteiger partial charge is 0.0588 e. The van der Waals surface area contributed by atoms with Crippen LogP contribution in [0.25, 0.3) is 0 Å². The Kier molecular flexibility index (Phi) is 4.87. The van der Waals surface area contributed by atoms with Crippen molar-refractivity contribution in [1.82, 2.24) is 5.32 Å². The maximum Gasteiger partial charge on any atom is 0.0588 e. The molecule has 0 aromatic heterocycles. The molecule has 2 rings (SSSR count). The number of nitrogens with one attached hydrogen (secondary N) is 1. The van der Waals surface area contributed by atoms with Crippen LogP contribution in [-0.4, -0.2) is 19.3 Å². The Morgan fingerprint density at radius 2 is 1.90 bits per heavy atom. The van der Waals surface area contributed by atoms with Gasteiger partial charge in [-0.15, -0.1) is 0 Å². The second-order valence-corrected chi connectivity index (χ2v) is 7.13. The Balaban J connectivity index is 1.90. The maximum atomic E-state index is 5.62. The fourth-order valence-electron chi connectivity index (χ4n) is 2.76. The average molecular weight is 275 g/mol. The van der Waals surface area contributed by atoms with Crippen LogP contribution in [0.1, 0.15) is 58.2 Å². The van der Waals surface area contributed by atoms with Gasteiger partial charge < -0.3 is 10.1 Å². The Hall–Kier alpha value is -0.860. The molecule has 1 saturated heterocycles. The predicted octanol–water partition coefficient (Wildman–Crippen LogP) is 4.06. The van der Waals surface area contributed by atoms with E-state index in [1.54, 1.807) is 0 Å². The molecule has 1 aliphatic heterocycles. The minimum Gasteiger partial charge on any atom is -0.378 e. The Labute approximate surface area is 123 Å². The van der Waals surface area contributed by atoms with Gasteiger partial charge in [-0.2, -0.15) is 0 Å². The standard InChI is InChI=1S/C18H29NO/c1-13(19-12-16-10-11-20-14(16)2)15-6-8-17(9-7-15)18(3,4)5/h6-9,13-14,16,19H,10-12H2,1-5H3. The lowest BCUT2D eigenvalue weighted by molar-refractivity contribution is 0.105. The van der Waals surface area contributed by atoms with Crippen LogP contribution in [0.2, 0.25) is 0 Å². The molecule has 3 atom stereocenters. The first kappa shape index (κ1) is 15.5. The van der Waals surface area contributed by atoms with E-state index in [1.807, 2.05) is 0 Å². The van der Waals surface area contributed by atoms with Crippen LogP contribution >= 0.6 is 0 Å². The van der Waals surface area contributed by atoms with Gasteiger partial charge in [0.25, 0.3) is 0 Å². The lowest BCUT2D eigenvalue weighted by Gasteiger charge is -2.22. The van der Waals surface area contributed by atoms with E-state index < -0.39 is 0 Å². The van der Waals surface area contributed by atoms with Gasteiger partial charge in [-0.1, -0.05) is 45.0 Å². The van der Waals surface area contributed by atoms with Gasteiger partial charge in [0.05, 0.1) is 6.10 Å². The Morgan fingerprint density at radius 1 is 1.25 bits per heavy atom.